The molecule has 0 aromatic heterocycles. The predicted octanol–water partition coefficient (Wildman–Crippen LogP) is 3.67. The van der Waals surface area contributed by atoms with Gasteiger partial charge in [-0.15, -0.1) is 0 Å². The van der Waals surface area contributed by atoms with Crippen molar-refractivity contribution in [1.29, 1.82) is 0 Å². The second-order valence-electron chi connectivity index (χ2n) is 3.79. The summed E-state index contributed by atoms with van der Waals surface area (Å²) in [7, 11) is 0. The lowest BCUT2D eigenvalue weighted by Crippen LogP contribution is -2.26. The van der Waals surface area contributed by atoms with Crippen molar-refractivity contribution in [3.05, 3.63) is 12.3 Å². The van der Waals surface area contributed by atoms with Crippen LogP contribution in [-0.4, -0.2) is 17.5 Å². The van der Waals surface area contributed by atoms with Gasteiger partial charge in [0.05, 0.1) is 0 Å². The zero-order valence-corrected chi connectivity index (χ0v) is 9.93. The van der Waals surface area contributed by atoms with Gasteiger partial charge in [0.1, 0.15) is 0 Å². The van der Waals surface area contributed by atoms with Crippen molar-refractivity contribution in [2.45, 2.75) is 53.5 Å². The maximum atomic E-state index is 4.00. The highest BCUT2D eigenvalue weighted by Gasteiger charge is 2.27. The lowest BCUT2D eigenvalue weighted by molar-refractivity contribution is 0.313. The Balaban J connectivity index is 0.000000671. The van der Waals surface area contributed by atoms with E-state index in [1.54, 1.807) is 0 Å². The van der Waals surface area contributed by atoms with Crippen LogP contribution in [0.2, 0.25) is 0 Å². The molecule has 0 aromatic carbocycles. The van der Waals surface area contributed by atoms with Crippen molar-refractivity contribution in [1.82, 2.24) is 4.90 Å². The molecule has 1 aliphatic rings. The van der Waals surface area contributed by atoms with Crippen LogP contribution in [0, 0.1) is 5.92 Å². The second kappa shape index (κ2) is 6.06. The van der Waals surface area contributed by atoms with Gasteiger partial charge < -0.3 is 4.90 Å². The van der Waals surface area contributed by atoms with Crippen LogP contribution in [0.1, 0.15) is 47.5 Å². The van der Waals surface area contributed by atoms with Gasteiger partial charge in [-0.25, -0.2) is 0 Å². The largest absolute Gasteiger partial charge is 0.372 e. The first-order valence-corrected chi connectivity index (χ1v) is 5.57. The summed E-state index contributed by atoms with van der Waals surface area (Å²) in [6.07, 6.45) is 2.61. The predicted molar refractivity (Wildman–Crippen MR) is 60.7 cm³/mol. The molecule has 0 aromatic rings. The minimum Gasteiger partial charge on any atom is -0.372 e. The van der Waals surface area contributed by atoms with E-state index in [0.717, 1.165) is 12.0 Å². The Kier molecular flexibility index (Phi) is 5.85. The molecule has 1 heteroatoms. The molecular formula is C12H25N. The van der Waals surface area contributed by atoms with E-state index in [9.17, 15) is 0 Å². The van der Waals surface area contributed by atoms with Crippen molar-refractivity contribution < 1.29 is 0 Å². The molecule has 0 spiro atoms. The van der Waals surface area contributed by atoms with E-state index in [0.29, 0.717) is 0 Å². The standard InChI is InChI=1S/C10H19N.C2H6/c1-5-10-6-9(4)7-11(10)8(2)3;1-2/h9-10H,2,5-7H2,1,3-4H3;1-2H3. The number of likely N-dealkylation sites (tertiary alicyclic amines) is 1. The highest BCUT2D eigenvalue weighted by atomic mass is 15.2. The Hall–Kier alpha value is -0.460. The fraction of sp³-hybridized carbons (Fsp3) is 0.833. The average molecular weight is 183 g/mol. The highest BCUT2D eigenvalue weighted by Crippen LogP contribution is 2.27. The van der Waals surface area contributed by atoms with Crippen LogP contribution in [0.5, 0.6) is 0 Å². The normalized spacial score (nSPS) is 26.7. The molecule has 1 aliphatic heterocycles. The van der Waals surface area contributed by atoms with E-state index < -0.39 is 0 Å². The molecule has 0 aliphatic carbocycles. The quantitative estimate of drug-likeness (QED) is 0.631. The summed E-state index contributed by atoms with van der Waals surface area (Å²) < 4.78 is 0. The summed E-state index contributed by atoms with van der Waals surface area (Å²) in [5.74, 6) is 0.858. The summed E-state index contributed by atoms with van der Waals surface area (Å²) >= 11 is 0. The Morgan fingerprint density at radius 2 is 2.00 bits per heavy atom. The summed E-state index contributed by atoms with van der Waals surface area (Å²) in [4.78, 5) is 2.45. The molecule has 1 rings (SSSR count). The van der Waals surface area contributed by atoms with Gasteiger partial charge in [-0.2, -0.15) is 0 Å². The van der Waals surface area contributed by atoms with E-state index in [2.05, 4.69) is 32.3 Å². The second-order valence-corrected chi connectivity index (χ2v) is 3.79. The monoisotopic (exact) mass is 183 g/mol. The van der Waals surface area contributed by atoms with Gasteiger partial charge in [-0.1, -0.05) is 34.3 Å². The lowest BCUT2D eigenvalue weighted by atomic mass is 10.1. The minimum atomic E-state index is 0.766. The summed E-state index contributed by atoms with van der Waals surface area (Å²) in [6.45, 7) is 15.9. The first-order valence-electron chi connectivity index (χ1n) is 5.57. The molecule has 1 fully saturated rings. The number of nitrogens with zero attached hydrogens (tertiary/aromatic N) is 1. The third kappa shape index (κ3) is 3.41. The smallest absolute Gasteiger partial charge is 0.0287 e. The summed E-state index contributed by atoms with van der Waals surface area (Å²) in [5, 5.41) is 0. The van der Waals surface area contributed by atoms with Gasteiger partial charge in [0.2, 0.25) is 0 Å². The number of rotatable bonds is 2. The number of hydrogen-bond donors (Lipinski definition) is 0. The zero-order valence-electron chi connectivity index (χ0n) is 9.93. The molecule has 1 nitrogen and oxygen atoms in total. The van der Waals surface area contributed by atoms with E-state index in [1.165, 1.54) is 25.1 Å². The van der Waals surface area contributed by atoms with Crippen molar-refractivity contribution >= 4 is 0 Å². The summed E-state index contributed by atoms with van der Waals surface area (Å²) in [6, 6.07) is 0.766. The number of hydrogen-bond acceptors (Lipinski definition) is 1. The molecule has 13 heavy (non-hydrogen) atoms. The molecule has 1 saturated heterocycles. The fourth-order valence-corrected chi connectivity index (χ4v) is 2.01. The van der Waals surface area contributed by atoms with E-state index in [4.69, 9.17) is 0 Å². The first-order chi connectivity index (χ1) is 6.15. The van der Waals surface area contributed by atoms with E-state index >= 15 is 0 Å². The van der Waals surface area contributed by atoms with Crippen molar-refractivity contribution in [3.8, 4) is 0 Å². The Bertz CT molecular complexity index is 151. The Morgan fingerprint density at radius 3 is 2.31 bits per heavy atom. The SMILES string of the molecule is C=C(C)N1CC(C)CC1CC.CC. The third-order valence-electron chi connectivity index (χ3n) is 2.59. The fourth-order valence-electron chi connectivity index (χ4n) is 2.01. The molecule has 0 amide bonds. The zero-order chi connectivity index (χ0) is 10.4. The van der Waals surface area contributed by atoms with Crippen LogP contribution in [0.3, 0.4) is 0 Å². The van der Waals surface area contributed by atoms with Crippen LogP contribution in [0.25, 0.3) is 0 Å². The Labute approximate surface area is 83.8 Å². The van der Waals surface area contributed by atoms with Crippen LogP contribution in [-0.2, 0) is 0 Å². The number of allylic oxidation sites excluding steroid dienone is 1. The van der Waals surface area contributed by atoms with E-state index in [-0.39, 0.29) is 0 Å². The molecule has 1 heterocycles. The van der Waals surface area contributed by atoms with Gasteiger partial charge in [0.25, 0.3) is 0 Å². The highest BCUT2D eigenvalue weighted by molar-refractivity contribution is 4.97. The van der Waals surface area contributed by atoms with Gasteiger partial charge in [0.15, 0.2) is 0 Å². The minimum absolute atomic E-state index is 0.766. The maximum Gasteiger partial charge on any atom is 0.0287 e. The average Bonchev–Trinajstić information content (AvgIpc) is 2.50. The maximum absolute atomic E-state index is 4.00. The summed E-state index contributed by atoms with van der Waals surface area (Å²) in [5.41, 5.74) is 1.24. The van der Waals surface area contributed by atoms with E-state index in [1.807, 2.05) is 13.8 Å². The van der Waals surface area contributed by atoms with Crippen LogP contribution >= 0.6 is 0 Å². The molecular weight excluding hydrogens is 158 g/mol. The van der Waals surface area contributed by atoms with Gasteiger partial charge in [-0.3, -0.25) is 0 Å². The van der Waals surface area contributed by atoms with Crippen LogP contribution in [0.4, 0.5) is 0 Å². The molecule has 0 radical (unpaired) electrons. The molecule has 2 atom stereocenters. The third-order valence-corrected chi connectivity index (χ3v) is 2.59. The van der Waals surface area contributed by atoms with Gasteiger partial charge >= 0.3 is 0 Å². The van der Waals surface area contributed by atoms with Crippen molar-refractivity contribution in [2.75, 3.05) is 6.54 Å². The van der Waals surface area contributed by atoms with Gasteiger partial charge in [-0.05, 0) is 25.7 Å². The first kappa shape index (κ1) is 12.5. The molecule has 2 unspecified atom stereocenters. The molecule has 0 saturated carbocycles. The molecule has 0 bridgehead atoms. The van der Waals surface area contributed by atoms with Crippen LogP contribution < -0.4 is 0 Å². The molecule has 78 valence electrons. The van der Waals surface area contributed by atoms with Crippen molar-refractivity contribution in [2.24, 2.45) is 5.92 Å². The lowest BCUT2D eigenvalue weighted by Gasteiger charge is -2.25. The topological polar surface area (TPSA) is 3.24 Å². The van der Waals surface area contributed by atoms with Gasteiger partial charge in [0, 0.05) is 18.3 Å². The molecule has 0 N–H and O–H groups in total. The van der Waals surface area contributed by atoms with Crippen molar-refractivity contribution in [3.63, 3.8) is 0 Å². The van der Waals surface area contributed by atoms with Crippen LogP contribution in [0.15, 0.2) is 12.3 Å². The Morgan fingerprint density at radius 1 is 1.46 bits per heavy atom.